The fourth-order valence-electron chi connectivity index (χ4n) is 2.24. The number of aromatic nitrogens is 5. The highest BCUT2D eigenvalue weighted by molar-refractivity contribution is 7.13. The molecule has 0 radical (unpaired) electrons. The highest BCUT2D eigenvalue weighted by Crippen LogP contribution is 2.30. The molecular formula is C16H10ClN5O2S2. The van der Waals surface area contributed by atoms with Gasteiger partial charge in [0, 0.05) is 10.9 Å². The number of carbonyl (C=O) groups excluding carboxylic acids is 1. The molecule has 0 amide bonds. The van der Waals surface area contributed by atoms with Gasteiger partial charge in [-0.3, -0.25) is 0 Å². The van der Waals surface area contributed by atoms with Gasteiger partial charge in [0.2, 0.25) is 0 Å². The minimum Gasteiger partial charge on any atom is -0.455 e. The predicted molar refractivity (Wildman–Crippen MR) is 98.7 cm³/mol. The topological polar surface area (TPSA) is 82.8 Å². The van der Waals surface area contributed by atoms with E-state index in [4.69, 9.17) is 16.3 Å². The third-order valence-electron chi connectivity index (χ3n) is 3.43. The Bertz CT molecular complexity index is 1040. The van der Waals surface area contributed by atoms with Crippen LogP contribution in [0.3, 0.4) is 0 Å². The summed E-state index contributed by atoms with van der Waals surface area (Å²) in [7, 11) is 0. The number of thiophene rings is 1. The summed E-state index contributed by atoms with van der Waals surface area (Å²) in [6.45, 7) is 0.0761. The van der Waals surface area contributed by atoms with E-state index in [9.17, 15) is 4.79 Å². The first-order valence-electron chi connectivity index (χ1n) is 7.39. The Morgan fingerprint density at radius 3 is 2.92 bits per heavy atom. The van der Waals surface area contributed by atoms with Crippen molar-refractivity contribution in [3.8, 4) is 16.3 Å². The molecule has 1 aromatic carbocycles. The number of thiazole rings is 1. The molecule has 3 aromatic heterocycles. The second-order valence-electron chi connectivity index (χ2n) is 5.09. The maximum atomic E-state index is 12.4. The first-order valence-corrected chi connectivity index (χ1v) is 9.53. The molecule has 130 valence electrons. The monoisotopic (exact) mass is 403 g/mol. The molecule has 10 heteroatoms. The summed E-state index contributed by atoms with van der Waals surface area (Å²) >= 11 is 8.91. The molecule has 0 aliphatic rings. The van der Waals surface area contributed by atoms with Crippen molar-refractivity contribution in [1.82, 2.24) is 25.2 Å². The average Bonchev–Trinajstić information content (AvgIpc) is 3.40. The lowest BCUT2D eigenvalue weighted by atomic mass is 10.2. The highest BCUT2D eigenvalue weighted by atomic mass is 35.5. The second-order valence-corrected chi connectivity index (χ2v) is 7.27. The summed E-state index contributed by atoms with van der Waals surface area (Å²) < 4.78 is 6.81. The number of esters is 1. The molecule has 0 atom stereocenters. The maximum absolute atomic E-state index is 12.4. The first-order chi connectivity index (χ1) is 12.7. The van der Waals surface area contributed by atoms with Crippen LogP contribution < -0.4 is 0 Å². The van der Waals surface area contributed by atoms with Crippen molar-refractivity contribution in [2.75, 3.05) is 0 Å². The van der Waals surface area contributed by atoms with Gasteiger partial charge in [-0.15, -0.1) is 27.8 Å². The lowest BCUT2D eigenvalue weighted by Gasteiger charge is -2.03. The Hall–Kier alpha value is -2.62. The number of rotatable bonds is 5. The quantitative estimate of drug-likeness (QED) is 0.470. The molecule has 0 unspecified atom stereocenters. The lowest BCUT2D eigenvalue weighted by Crippen LogP contribution is -2.07. The van der Waals surface area contributed by atoms with Crippen LogP contribution in [-0.2, 0) is 11.3 Å². The molecule has 0 spiro atoms. The maximum Gasteiger partial charge on any atom is 0.350 e. The van der Waals surface area contributed by atoms with Crippen molar-refractivity contribution < 1.29 is 9.53 Å². The third kappa shape index (κ3) is 3.36. The largest absolute Gasteiger partial charge is 0.455 e. The summed E-state index contributed by atoms with van der Waals surface area (Å²) in [6, 6.07) is 9.25. The number of ether oxygens (including phenoxy) is 1. The van der Waals surface area contributed by atoms with Gasteiger partial charge in [0.15, 0.2) is 0 Å². The minimum absolute atomic E-state index is 0.0761. The molecular weight excluding hydrogens is 394 g/mol. The number of hydrogen-bond donors (Lipinski definition) is 0. The predicted octanol–water partition coefficient (Wildman–Crippen LogP) is 3.86. The lowest BCUT2D eigenvalue weighted by molar-refractivity contribution is 0.0474. The molecule has 4 aromatic rings. The molecule has 26 heavy (non-hydrogen) atoms. The minimum atomic E-state index is -0.446. The fraction of sp³-hybridized carbons (Fsp3) is 0.0625. The van der Waals surface area contributed by atoms with E-state index in [1.807, 2.05) is 29.6 Å². The highest BCUT2D eigenvalue weighted by Gasteiger charge is 2.18. The Labute approximate surface area is 160 Å². The Morgan fingerprint density at radius 1 is 1.23 bits per heavy atom. The zero-order chi connectivity index (χ0) is 17.9. The van der Waals surface area contributed by atoms with E-state index in [0.29, 0.717) is 21.3 Å². The van der Waals surface area contributed by atoms with Crippen LogP contribution in [0.2, 0.25) is 5.02 Å². The van der Waals surface area contributed by atoms with Crippen LogP contribution in [0, 0.1) is 0 Å². The van der Waals surface area contributed by atoms with Crippen molar-refractivity contribution in [1.29, 1.82) is 0 Å². The molecule has 7 nitrogen and oxygen atoms in total. The molecule has 0 aliphatic carbocycles. The molecule has 0 aliphatic heterocycles. The molecule has 0 fully saturated rings. The van der Waals surface area contributed by atoms with Crippen LogP contribution in [0.1, 0.15) is 15.4 Å². The van der Waals surface area contributed by atoms with Crippen molar-refractivity contribution in [2.24, 2.45) is 0 Å². The van der Waals surface area contributed by atoms with Crippen LogP contribution in [0.5, 0.6) is 0 Å². The van der Waals surface area contributed by atoms with E-state index in [1.54, 1.807) is 11.4 Å². The molecule has 0 saturated carbocycles. The van der Waals surface area contributed by atoms with Crippen LogP contribution in [0.4, 0.5) is 0 Å². The smallest absolute Gasteiger partial charge is 0.350 e. The van der Waals surface area contributed by atoms with Gasteiger partial charge < -0.3 is 4.74 Å². The standard InChI is InChI=1S/C16H10ClN5O2S2/c17-12-4-2-1-3-11(12)15-19-10(8-26-15)7-24-16(23)14-13(5-6-25-14)22-9-18-20-21-22/h1-6,8-9H,7H2. The van der Waals surface area contributed by atoms with Crippen molar-refractivity contribution in [3.05, 3.63) is 63.0 Å². The Morgan fingerprint density at radius 2 is 2.12 bits per heavy atom. The molecule has 4 rings (SSSR count). The van der Waals surface area contributed by atoms with E-state index in [2.05, 4.69) is 20.5 Å². The van der Waals surface area contributed by atoms with Crippen LogP contribution in [-0.4, -0.2) is 31.2 Å². The van der Waals surface area contributed by atoms with Gasteiger partial charge in [-0.2, -0.15) is 4.68 Å². The van der Waals surface area contributed by atoms with Crippen LogP contribution in [0.15, 0.2) is 47.4 Å². The van der Waals surface area contributed by atoms with Gasteiger partial charge >= 0.3 is 5.97 Å². The normalized spacial score (nSPS) is 10.8. The van der Waals surface area contributed by atoms with Gasteiger partial charge in [-0.25, -0.2) is 9.78 Å². The van der Waals surface area contributed by atoms with E-state index in [-0.39, 0.29) is 6.61 Å². The molecule has 0 saturated heterocycles. The second kappa shape index (κ2) is 7.32. The first kappa shape index (κ1) is 16.8. The summed E-state index contributed by atoms with van der Waals surface area (Å²) in [4.78, 5) is 17.3. The number of tetrazole rings is 1. The molecule has 0 bridgehead atoms. The number of hydrogen-bond acceptors (Lipinski definition) is 8. The summed E-state index contributed by atoms with van der Waals surface area (Å²) in [5.41, 5.74) is 2.11. The van der Waals surface area contributed by atoms with Crippen molar-refractivity contribution >= 4 is 40.2 Å². The third-order valence-corrected chi connectivity index (χ3v) is 5.57. The number of benzene rings is 1. The zero-order valence-electron chi connectivity index (χ0n) is 13.1. The summed E-state index contributed by atoms with van der Waals surface area (Å²) in [5, 5.41) is 16.0. The van der Waals surface area contributed by atoms with Gasteiger partial charge in [-0.05, 0) is 27.9 Å². The molecule has 0 N–H and O–H groups in total. The van der Waals surface area contributed by atoms with Gasteiger partial charge in [0.1, 0.15) is 22.8 Å². The molecule has 3 heterocycles. The van der Waals surface area contributed by atoms with E-state index >= 15 is 0 Å². The Balaban J connectivity index is 1.46. The van der Waals surface area contributed by atoms with Crippen molar-refractivity contribution in [2.45, 2.75) is 6.61 Å². The average molecular weight is 404 g/mol. The summed E-state index contributed by atoms with van der Waals surface area (Å²) in [6.07, 6.45) is 1.43. The van der Waals surface area contributed by atoms with E-state index in [0.717, 1.165) is 10.6 Å². The fourth-order valence-corrected chi connectivity index (χ4v) is 4.14. The van der Waals surface area contributed by atoms with Gasteiger partial charge in [0.05, 0.1) is 16.4 Å². The number of halogens is 1. The van der Waals surface area contributed by atoms with Crippen molar-refractivity contribution in [3.63, 3.8) is 0 Å². The van der Waals surface area contributed by atoms with Crippen LogP contribution >= 0.6 is 34.3 Å². The van der Waals surface area contributed by atoms with Gasteiger partial charge in [0.25, 0.3) is 0 Å². The Kier molecular flexibility index (Phi) is 4.74. The zero-order valence-corrected chi connectivity index (χ0v) is 15.5. The van der Waals surface area contributed by atoms with Gasteiger partial charge in [-0.1, -0.05) is 29.8 Å². The number of carbonyl (C=O) groups is 1. The van der Waals surface area contributed by atoms with E-state index < -0.39 is 5.97 Å². The van der Waals surface area contributed by atoms with Crippen LogP contribution in [0.25, 0.3) is 16.3 Å². The van der Waals surface area contributed by atoms with E-state index in [1.165, 1.54) is 33.7 Å². The summed E-state index contributed by atoms with van der Waals surface area (Å²) in [5.74, 6) is -0.446. The number of nitrogens with zero attached hydrogens (tertiary/aromatic N) is 5. The SMILES string of the molecule is O=C(OCc1csc(-c2ccccc2Cl)n1)c1sccc1-n1cnnn1.